The molecule has 3 aromatic rings. The molecule has 0 spiro atoms. The Labute approximate surface area is 146 Å². The van der Waals surface area contributed by atoms with Crippen LogP contribution in [-0.2, 0) is 0 Å². The number of pyridine rings is 2. The standard InChI is InChI=1S/C13H14N4.C6H6FN/c1-9(2)13-12(8-15-17-13)16-10(3)11-5-4-6-14-7-11;1-5-2-6(7)4-8-3-5/h4-8,16H,1,3H2,2H3,(H,15,17);2-4H,1H3. The maximum absolute atomic E-state index is 12.1. The topological polar surface area (TPSA) is 66.5 Å². The third kappa shape index (κ3) is 5.39. The van der Waals surface area contributed by atoms with E-state index < -0.39 is 0 Å². The average molecular weight is 337 g/mol. The Kier molecular flexibility index (Phi) is 6.17. The number of anilines is 1. The molecular formula is C19H20FN5. The number of hydrogen-bond acceptors (Lipinski definition) is 4. The van der Waals surface area contributed by atoms with Crippen LogP contribution in [0.4, 0.5) is 10.1 Å². The molecule has 128 valence electrons. The van der Waals surface area contributed by atoms with Gasteiger partial charge in [0, 0.05) is 29.9 Å². The summed E-state index contributed by atoms with van der Waals surface area (Å²) in [5.74, 6) is -0.273. The monoisotopic (exact) mass is 337 g/mol. The van der Waals surface area contributed by atoms with Crippen LogP contribution in [-0.4, -0.2) is 20.2 Å². The summed E-state index contributed by atoms with van der Waals surface area (Å²) in [4.78, 5) is 7.66. The molecule has 0 saturated heterocycles. The zero-order chi connectivity index (χ0) is 18.2. The van der Waals surface area contributed by atoms with Gasteiger partial charge in [-0.1, -0.05) is 13.2 Å². The van der Waals surface area contributed by atoms with Gasteiger partial charge in [0.1, 0.15) is 5.82 Å². The van der Waals surface area contributed by atoms with E-state index in [-0.39, 0.29) is 5.82 Å². The fraction of sp³-hybridized carbons (Fsp3) is 0.105. The highest BCUT2D eigenvalue weighted by atomic mass is 19.1. The first kappa shape index (κ1) is 18.1. The fourth-order valence-electron chi connectivity index (χ4n) is 2.00. The lowest BCUT2D eigenvalue weighted by Crippen LogP contribution is -1.98. The van der Waals surface area contributed by atoms with E-state index in [1.54, 1.807) is 31.7 Å². The van der Waals surface area contributed by atoms with Gasteiger partial charge in [0.05, 0.1) is 23.8 Å². The normalized spacial score (nSPS) is 9.72. The van der Waals surface area contributed by atoms with Crippen LogP contribution >= 0.6 is 0 Å². The molecule has 3 heterocycles. The minimum absolute atomic E-state index is 0.273. The predicted octanol–water partition coefficient (Wildman–Crippen LogP) is 4.45. The summed E-state index contributed by atoms with van der Waals surface area (Å²) in [5, 5.41) is 10.1. The van der Waals surface area contributed by atoms with E-state index in [9.17, 15) is 4.39 Å². The summed E-state index contributed by atoms with van der Waals surface area (Å²) in [6, 6.07) is 5.26. The molecule has 0 aromatic carbocycles. The van der Waals surface area contributed by atoms with Crippen LogP contribution in [0.2, 0.25) is 0 Å². The number of halogens is 1. The van der Waals surface area contributed by atoms with Crippen molar-refractivity contribution in [1.29, 1.82) is 0 Å². The molecule has 0 amide bonds. The minimum atomic E-state index is -0.273. The van der Waals surface area contributed by atoms with Gasteiger partial charge in [0.25, 0.3) is 0 Å². The number of nitrogens with one attached hydrogen (secondary N) is 2. The van der Waals surface area contributed by atoms with Gasteiger partial charge < -0.3 is 5.32 Å². The van der Waals surface area contributed by atoms with Gasteiger partial charge in [-0.2, -0.15) is 5.10 Å². The summed E-state index contributed by atoms with van der Waals surface area (Å²) in [5.41, 5.74) is 5.25. The highest BCUT2D eigenvalue weighted by Crippen LogP contribution is 2.22. The van der Waals surface area contributed by atoms with Crippen LogP contribution in [0.5, 0.6) is 0 Å². The summed E-state index contributed by atoms with van der Waals surface area (Å²) in [7, 11) is 0. The quantitative estimate of drug-likeness (QED) is 0.738. The highest BCUT2D eigenvalue weighted by molar-refractivity contribution is 5.80. The molecule has 0 aliphatic rings. The van der Waals surface area contributed by atoms with E-state index in [1.165, 1.54) is 12.3 Å². The number of aryl methyl sites for hydroxylation is 1. The SMILES string of the molecule is C=C(Nc1cn[nH]c1C(=C)C)c1cccnc1.Cc1cncc(F)c1. The molecule has 0 unspecified atom stereocenters. The van der Waals surface area contributed by atoms with Gasteiger partial charge in [0.15, 0.2) is 0 Å². The zero-order valence-electron chi connectivity index (χ0n) is 14.3. The van der Waals surface area contributed by atoms with Crippen molar-refractivity contribution in [2.45, 2.75) is 13.8 Å². The van der Waals surface area contributed by atoms with Gasteiger partial charge in [-0.05, 0) is 43.2 Å². The van der Waals surface area contributed by atoms with Gasteiger partial charge >= 0.3 is 0 Å². The molecule has 0 saturated carbocycles. The molecule has 0 radical (unpaired) electrons. The van der Waals surface area contributed by atoms with Gasteiger partial charge in [-0.3, -0.25) is 15.1 Å². The fourth-order valence-corrected chi connectivity index (χ4v) is 2.00. The molecule has 5 nitrogen and oxygen atoms in total. The van der Waals surface area contributed by atoms with Crippen LogP contribution in [0.15, 0.2) is 62.3 Å². The van der Waals surface area contributed by atoms with Crippen molar-refractivity contribution >= 4 is 17.0 Å². The van der Waals surface area contributed by atoms with Crippen LogP contribution in [0.25, 0.3) is 11.3 Å². The molecular weight excluding hydrogens is 317 g/mol. The number of allylic oxidation sites excluding steroid dienone is 1. The van der Waals surface area contributed by atoms with E-state index >= 15 is 0 Å². The Morgan fingerprint density at radius 1 is 1.16 bits per heavy atom. The molecule has 0 bridgehead atoms. The maximum Gasteiger partial charge on any atom is 0.141 e. The van der Waals surface area contributed by atoms with Crippen molar-refractivity contribution in [3.05, 3.63) is 85.0 Å². The number of rotatable bonds is 4. The molecule has 3 rings (SSSR count). The van der Waals surface area contributed by atoms with Crippen molar-refractivity contribution < 1.29 is 4.39 Å². The lowest BCUT2D eigenvalue weighted by Gasteiger charge is -2.09. The van der Waals surface area contributed by atoms with Crippen molar-refractivity contribution in [3.63, 3.8) is 0 Å². The number of aromatic amines is 1. The first-order chi connectivity index (χ1) is 12.0. The van der Waals surface area contributed by atoms with Crippen molar-refractivity contribution in [3.8, 4) is 0 Å². The molecule has 0 aliphatic heterocycles. The van der Waals surface area contributed by atoms with E-state index in [0.29, 0.717) is 0 Å². The highest BCUT2D eigenvalue weighted by Gasteiger charge is 2.07. The van der Waals surface area contributed by atoms with E-state index in [2.05, 4.69) is 38.6 Å². The molecule has 25 heavy (non-hydrogen) atoms. The first-order valence-electron chi connectivity index (χ1n) is 7.60. The van der Waals surface area contributed by atoms with Gasteiger partial charge in [0.2, 0.25) is 0 Å². The Hall–Kier alpha value is -3.28. The predicted molar refractivity (Wildman–Crippen MR) is 99.1 cm³/mol. The van der Waals surface area contributed by atoms with Gasteiger partial charge in [-0.15, -0.1) is 0 Å². The first-order valence-corrected chi connectivity index (χ1v) is 7.60. The molecule has 3 aromatic heterocycles. The smallest absolute Gasteiger partial charge is 0.141 e. The second kappa shape index (κ2) is 8.54. The molecule has 2 N–H and O–H groups in total. The maximum atomic E-state index is 12.1. The summed E-state index contributed by atoms with van der Waals surface area (Å²) in [6.45, 7) is 11.6. The summed E-state index contributed by atoms with van der Waals surface area (Å²) >= 11 is 0. The summed E-state index contributed by atoms with van der Waals surface area (Å²) < 4.78 is 12.1. The Morgan fingerprint density at radius 2 is 1.96 bits per heavy atom. The number of hydrogen-bond donors (Lipinski definition) is 2. The zero-order valence-corrected chi connectivity index (χ0v) is 14.3. The second-order valence-corrected chi connectivity index (χ2v) is 5.46. The molecule has 0 fully saturated rings. The minimum Gasteiger partial charge on any atom is -0.352 e. The molecule has 6 heteroatoms. The number of H-pyrrole nitrogens is 1. The second-order valence-electron chi connectivity index (χ2n) is 5.46. The van der Waals surface area contributed by atoms with E-state index in [0.717, 1.165) is 33.8 Å². The molecule has 0 aliphatic carbocycles. The lowest BCUT2D eigenvalue weighted by atomic mass is 10.2. The number of nitrogens with zero attached hydrogens (tertiary/aromatic N) is 3. The van der Waals surface area contributed by atoms with Crippen LogP contribution < -0.4 is 5.32 Å². The third-order valence-electron chi connectivity index (χ3n) is 3.20. The van der Waals surface area contributed by atoms with E-state index in [4.69, 9.17) is 0 Å². The summed E-state index contributed by atoms with van der Waals surface area (Å²) in [6.07, 6.45) is 8.01. The van der Waals surface area contributed by atoms with Crippen molar-refractivity contribution in [2.75, 3.05) is 5.32 Å². The lowest BCUT2D eigenvalue weighted by molar-refractivity contribution is 0.620. The third-order valence-corrected chi connectivity index (χ3v) is 3.20. The van der Waals surface area contributed by atoms with Crippen LogP contribution in [0, 0.1) is 12.7 Å². The largest absolute Gasteiger partial charge is 0.352 e. The Balaban J connectivity index is 0.000000236. The molecule has 0 atom stereocenters. The van der Waals surface area contributed by atoms with E-state index in [1.807, 2.05) is 19.1 Å². The Bertz CT molecular complexity index is 838. The van der Waals surface area contributed by atoms with Gasteiger partial charge in [-0.25, -0.2) is 4.39 Å². The van der Waals surface area contributed by atoms with Crippen LogP contribution in [0.1, 0.15) is 23.7 Å². The van der Waals surface area contributed by atoms with Crippen molar-refractivity contribution in [2.24, 2.45) is 0 Å². The van der Waals surface area contributed by atoms with Crippen molar-refractivity contribution in [1.82, 2.24) is 20.2 Å². The Morgan fingerprint density at radius 3 is 2.52 bits per heavy atom. The number of aromatic nitrogens is 4. The average Bonchev–Trinajstić information content (AvgIpc) is 3.04. The van der Waals surface area contributed by atoms with Crippen LogP contribution in [0.3, 0.4) is 0 Å².